The first kappa shape index (κ1) is 20.0. The van der Waals surface area contributed by atoms with Gasteiger partial charge < -0.3 is 20.3 Å². The van der Waals surface area contributed by atoms with Gasteiger partial charge in [-0.15, -0.1) is 0 Å². The van der Waals surface area contributed by atoms with E-state index in [1.54, 1.807) is 13.8 Å². The number of amides is 1. The first-order valence-electron chi connectivity index (χ1n) is 8.30. The number of carboxylic acids is 1. The monoisotopic (exact) mass is 337 g/mol. The molecular weight excluding hydrogens is 310 g/mol. The lowest BCUT2D eigenvalue weighted by molar-refractivity contribution is -0.143. The fraction of sp³-hybridized carbons (Fsp3) is 0.556. The lowest BCUT2D eigenvalue weighted by Gasteiger charge is -2.22. The van der Waals surface area contributed by atoms with Crippen molar-refractivity contribution in [3.05, 3.63) is 35.9 Å². The van der Waals surface area contributed by atoms with Gasteiger partial charge in [0.2, 0.25) is 0 Å². The number of aliphatic hydroxyl groups is 1. The minimum absolute atomic E-state index is 0.227. The molecule has 0 aliphatic rings. The van der Waals surface area contributed by atoms with Crippen LogP contribution in [0.3, 0.4) is 0 Å². The number of carbonyl (C=O) groups is 2. The third-order valence-electron chi connectivity index (χ3n) is 3.75. The normalized spacial score (nSPS) is 13.3. The number of alkyl carbamates (subject to hydrolysis) is 1. The first-order valence-corrected chi connectivity index (χ1v) is 8.30. The summed E-state index contributed by atoms with van der Waals surface area (Å²) >= 11 is 0. The van der Waals surface area contributed by atoms with Crippen LogP contribution < -0.4 is 5.32 Å². The van der Waals surface area contributed by atoms with E-state index in [1.807, 2.05) is 18.2 Å². The summed E-state index contributed by atoms with van der Waals surface area (Å²) in [6, 6.07) is 8.79. The second-order valence-corrected chi connectivity index (χ2v) is 6.13. The topological polar surface area (TPSA) is 95.9 Å². The Labute approximate surface area is 142 Å². The van der Waals surface area contributed by atoms with Crippen LogP contribution in [0.25, 0.3) is 0 Å². The Bertz CT molecular complexity index is 503. The summed E-state index contributed by atoms with van der Waals surface area (Å²) in [5.41, 5.74) is 1.28. The molecule has 0 saturated carbocycles. The zero-order chi connectivity index (χ0) is 17.9. The second-order valence-electron chi connectivity index (χ2n) is 6.13. The summed E-state index contributed by atoms with van der Waals surface area (Å²) in [5.74, 6) is -1.57. The largest absolute Gasteiger partial charge is 0.480 e. The second kappa shape index (κ2) is 10.6. The predicted octanol–water partition coefficient (Wildman–Crippen LogP) is 2.60. The Kier molecular flexibility index (Phi) is 8.86. The molecule has 0 spiro atoms. The number of ether oxygens (including phenoxy) is 1. The average Bonchev–Trinajstić information content (AvgIpc) is 2.55. The van der Waals surface area contributed by atoms with E-state index in [9.17, 15) is 14.7 Å². The molecule has 2 atom stereocenters. The van der Waals surface area contributed by atoms with Gasteiger partial charge in [0.15, 0.2) is 6.04 Å². The summed E-state index contributed by atoms with van der Waals surface area (Å²) < 4.78 is 4.98. The molecule has 0 aromatic heterocycles. The minimum atomic E-state index is -1.37. The molecule has 0 heterocycles. The number of carbonyl (C=O) groups excluding carboxylic acids is 1. The van der Waals surface area contributed by atoms with Crippen molar-refractivity contribution in [1.29, 1.82) is 0 Å². The highest BCUT2D eigenvalue weighted by Gasteiger charge is 2.30. The van der Waals surface area contributed by atoms with E-state index in [1.165, 1.54) is 5.56 Å². The summed E-state index contributed by atoms with van der Waals surface area (Å²) in [4.78, 5) is 22.7. The van der Waals surface area contributed by atoms with Gasteiger partial charge in [-0.1, -0.05) is 44.2 Å². The number of aryl methyl sites for hydroxylation is 1. The quantitative estimate of drug-likeness (QED) is 0.570. The zero-order valence-electron chi connectivity index (χ0n) is 14.3. The van der Waals surface area contributed by atoms with Gasteiger partial charge in [0.1, 0.15) is 0 Å². The van der Waals surface area contributed by atoms with Gasteiger partial charge in [0, 0.05) is 0 Å². The van der Waals surface area contributed by atoms with Crippen LogP contribution in [-0.2, 0) is 16.0 Å². The summed E-state index contributed by atoms with van der Waals surface area (Å²) in [6.45, 7) is 3.59. The maximum Gasteiger partial charge on any atom is 0.407 e. The Morgan fingerprint density at radius 1 is 1.12 bits per heavy atom. The number of unbranched alkanes of at least 4 members (excludes halogenated alkanes) is 2. The van der Waals surface area contributed by atoms with Crippen molar-refractivity contribution in [3.63, 3.8) is 0 Å². The lowest BCUT2D eigenvalue weighted by atomic mass is 10.00. The molecule has 134 valence electrons. The van der Waals surface area contributed by atoms with Gasteiger partial charge in [-0.05, 0) is 37.2 Å². The van der Waals surface area contributed by atoms with E-state index >= 15 is 0 Å². The molecule has 0 aliphatic heterocycles. The molecule has 0 saturated heterocycles. The Balaban J connectivity index is 2.19. The molecule has 1 aromatic rings. The van der Waals surface area contributed by atoms with Crippen molar-refractivity contribution in [3.8, 4) is 0 Å². The average molecular weight is 337 g/mol. The SMILES string of the molecule is CC(C)[C@@H](O)[C@@H](NC(=O)OCCCCCc1ccccc1)C(=O)O. The Morgan fingerprint density at radius 2 is 1.79 bits per heavy atom. The van der Waals surface area contributed by atoms with Gasteiger partial charge >= 0.3 is 12.1 Å². The van der Waals surface area contributed by atoms with E-state index in [4.69, 9.17) is 9.84 Å². The molecule has 0 bridgehead atoms. The molecule has 1 aromatic carbocycles. The van der Waals surface area contributed by atoms with Crippen LogP contribution in [0.5, 0.6) is 0 Å². The third-order valence-corrected chi connectivity index (χ3v) is 3.75. The molecule has 0 unspecified atom stereocenters. The molecule has 0 aliphatic carbocycles. The standard InChI is InChI=1S/C18H27NO5/c1-13(2)16(20)15(17(21)22)19-18(23)24-12-8-4-7-11-14-9-5-3-6-10-14/h3,5-6,9-10,13,15-16,20H,4,7-8,11-12H2,1-2H3,(H,19,23)(H,21,22)/t15-,16-/m1/s1. The number of benzene rings is 1. The van der Waals surface area contributed by atoms with Crippen LogP contribution >= 0.6 is 0 Å². The van der Waals surface area contributed by atoms with E-state index in [0.717, 1.165) is 19.3 Å². The predicted molar refractivity (Wildman–Crippen MR) is 90.7 cm³/mol. The number of aliphatic hydroxyl groups excluding tert-OH is 1. The fourth-order valence-electron chi connectivity index (χ4n) is 2.26. The van der Waals surface area contributed by atoms with Crippen molar-refractivity contribution < 1.29 is 24.5 Å². The molecule has 24 heavy (non-hydrogen) atoms. The Morgan fingerprint density at radius 3 is 2.38 bits per heavy atom. The fourth-order valence-corrected chi connectivity index (χ4v) is 2.26. The highest BCUT2D eigenvalue weighted by atomic mass is 16.5. The number of carboxylic acid groups (broad SMARTS) is 1. The van der Waals surface area contributed by atoms with Gasteiger partial charge in [0.05, 0.1) is 12.7 Å². The van der Waals surface area contributed by atoms with E-state index in [-0.39, 0.29) is 12.5 Å². The van der Waals surface area contributed by atoms with Crippen molar-refractivity contribution in [2.75, 3.05) is 6.61 Å². The van der Waals surface area contributed by atoms with Crippen molar-refractivity contribution in [2.45, 2.75) is 51.7 Å². The van der Waals surface area contributed by atoms with Gasteiger partial charge in [-0.25, -0.2) is 9.59 Å². The van der Waals surface area contributed by atoms with Crippen molar-refractivity contribution >= 4 is 12.1 Å². The Hall–Kier alpha value is -2.08. The molecule has 0 radical (unpaired) electrons. The molecule has 6 nitrogen and oxygen atoms in total. The molecule has 1 rings (SSSR count). The van der Waals surface area contributed by atoms with Crippen molar-refractivity contribution in [2.24, 2.45) is 5.92 Å². The molecule has 3 N–H and O–H groups in total. The minimum Gasteiger partial charge on any atom is -0.480 e. The first-order chi connectivity index (χ1) is 11.4. The highest BCUT2D eigenvalue weighted by Crippen LogP contribution is 2.08. The smallest absolute Gasteiger partial charge is 0.407 e. The van der Waals surface area contributed by atoms with Gasteiger partial charge in [-0.2, -0.15) is 0 Å². The number of aliphatic carboxylic acids is 1. The van der Waals surface area contributed by atoms with E-state index in [0.29, 0.717) is 6.42 Å². The zero-order valence-corrected chi connectivity index (χ0v) is 14.3. The summed E-state index contributed by atoms with van der Waals surface area (Å²) in [7, 11) is 0. The lowest BCUT2D eigenvalue weighted by Crippen LogP contribution is -2.50. The highest BCUT2D eigenvalue weighted by molar-refractivity contribution is 5.80. The molecule has 6 heteroatoms. The van der Waals surface area contributed by atoms with E-state index in [2.05, 4.69) is 17.4 Å². The van der Waals surface area contributed by atoms with Crippen LogP contribution in [0.15, 0.2) is 30.3 Å². The maximum atomic E-state index is 11.6. The number of nitrogens with one attached hydrogen (secondary N) is 1. The molecule has 0 fully saturated rings. The maximum absolute atomic E-state index is 11.6. The summed E-state index contributed by atoms with van der Waals surface area (Å²) in [6.07, 6.45) is 1.63. The number of rotatable bonds is 10. The third kappa shape index (κ3) is 7.46. The van der Waals surface area contributed by atoms with Crippen LogP contribution in [-0.4, -0.2) is 41.0 Å². The van der Waals surface area contributed by atoms with Gasteiger partial charge in [0.25, 0.3) is 0 Å². The van der Waals surface area contributed by atoms with Crippen LogP contribution in [0.1, 0.15) is 38.7 Å². The van der Waals surface area contributed by atoms with Crippen LogP contribution in [0.2, 0.25) is 0 Å². The van der Waals surface area contributed by atoms with Crippen LogP contribution in [0.4, 0.5) is 4.79 Å². The van der Waals surface area contributed by atoms with E-state index < -0.39 is 24.2 Å². The van der Waals surface area contributed by atoms with Crippen LogP contribution in [0, 0.1) is 5.92 Å². The van der Waals surface area contributed by atoms with Gasteiger partial charge in [-0.3, -0.25) is 0 Å². The molecule has 1 amide bonds. The van der Waals surface area contributed by atoms with Crippen molar-refractivity contribution in [1.82, 2.24) is 5.32 Å². The number of hydrogen-bond donors (Lipinski definition) is 3. The molecular formula is C18H27NO5. The number of hydrogen-bond acceptors (Lipinski definition) is 4. The summed E-state index contributed by atoms with van der Waals surface area (Å²) in [5, 5.41) is 21.1.